The topological polar surface area (TPSA) is 87.7 Å². The van der Waals surface area contributed by atoms with Crippen molar-refractivity contribution < 1.29 is 18.0 Å². The van der Waals surface area contributed by atoms with Gasteiger partial charge in [0.2, 0.25) is 15.9 Å². The number of aryl methyl sites for hydroxylation is 1. The van der Waals surface area contributed by atoms with E-state index in [9.17, 15) is 18.0 Å². The van der Waals surface area contributed by atoms with Crippen molar-refractivity contribution in [1.82, 2.24) is 9.29 Å². The lowest BCUT2D eigenvalue weighted by Gasteiger charge is -2.26. The Labute approximate surface area is 234 Å². The van der Waals surface area contributed by atoms with Gasteiger partial charge in [0.25, 0.3) is 5.91 Å². The van der Waals surface area contributed by atoms with Gasteiger partial charge in [-0.3, -0.25) is 9.59 Å². The van der Waals surface area contributed by atoms with Crippen LogP contribution in [0.1, 0.15) is 16.9 Å². The third kappa shape index (κ3) is 4.80. The molecular weight excluding hydrogens is 551 g/mol. The quantitative estimate of drug-likeness (QED) is 0.228. The fourth-order valence-electron chi connectivity index (χ4n) is 4.67. The first-order valence-corrected chi connectivity index (χ1v) is 15.4. The van der Waals surface area contributed by atoms with E-state index in [-0.39, 0.29) is 17.9 Å². The summed E-state index contributed by atoms with van der Waals surface area (Å²) < 4.78 is 29.6. The second-order valence-corrected chi connectivity index (χ2v) is 13.2. The van der Waals surface area contributed by atoms with Crippen LogP contribution < -0.4 is 4.90 Å². The molecular formula is C29H23N3O4S3. The van der Waals surface area contributed by atoms with Crippen LogP contribution in [0.2, 0.25) is 0 Å². The van der Waals surface area contributed by atoms with E-state index in [0.717, 1.165) is 40.4 Å². The van der Waals surface area contributed by atoms with Crippen molar-refractivity contribution in [1.29, 1.82) is 0 Å². The van der Waals surface area contributed by atoms with Gasteiger partial charge in [-0.1, -0.05) is 30.3 Å². The van der Waals surface area contributed by atoms with E-state index in [2.05, 4.69) is 6.07 Å². The molecule has 1 aliphatic heterocycles. The lowest BCUT2D eigenvalue weighted by Crippen LogP contribution is -2.44. The lowest BCUT2D eigenvalue weighted by molar-refractivity contribution is -0.122. The number of hydrogen-bond acceptors (Lipinski definition) is 7. The van der Waals surface area contributed by atoms with Crippen LogP contribution in [0.5, 0.6) is 0 Å². The highest BCUT2D eigenvalue weighted by Crippen LogP contribution is 2.34. The van der Waals surface area contributed by atoms with Crippen molar-refractivity contribution in [2.24, 2.45) is 0 Å². The second kappa shape index (κ2) is 10.1. The minimum atomic E-state index is -4.05. The third-order valence-corrected chi connectivity index (χ3v) is 10.4. The molecule has 5 aromatic rings. The molecule has 1 saturated heterocycles. The molecule has 2 amide bonds. The first kappa shape index (κ1) is 25.6. The van der Waals surface area contributed by atoms with Gasteiger partial charge in [-0.2, -0.15) is 4.31 Å². The monoisotopic (exact) mass is 573 g/mol. The highest BCUT2D eigenvalue weighted by molar-refractivity contribution is 7.89. The molecule has 39 heavy (non-hydrogen) atoms. The van der Waals surface area contributed by atoms with Crippen molar-refractivity contribution >= 4 is 60.4 Å². The minimum absolute atomic E-state index is 0.00242. The maximum absolute atomic E-state index is 13.7. The number of thiazole rings is 1. The summed E-state index contributed by atoms with van der Waals surface area (Å²) in [4.78, 5) is 33.5. The summed E-state index contributed by atoms with van der Waals surface area (Å²) in [6.45, 7) is 2.04. The summed E-state index contributed by atoms with van der Waals surface area (Å²) >= 11 is 2.98. The Morgan fingerprint density at radius 3 is 2.46 bits per heavy atom. The van der Waals surface area contributed by atoms with E-state index < -0.39 is 27.9 Å². The van der Waals surface area contributed by atoms with E-state index in [1.165, 1.54) is 23.5 Å². The lowest BCUT2D eigenvalue weighted by atomic mass is 10.2. The van der Waals surface area contributed by atoms with Crippen LogP contribution >= 0.6 is 22.7 Å². The Balaban J connectivity index is 1.30. The fourth-order valence-corrected chi connectivity index (χ4v) is 8.10. The number of benzene rings is 3. The van der Waals surface area contributed by atoms with Crippen molar-refractivity contribution in [3.05, 3.63) is 101 Å². The Morgan fingerprint density at radius 1 is 0.974 bits per heavy atom. The molecule has 10 heteroatoms. The Hall–Kier alpha value is -3.70. The number of amides is 2. The van der Waals surface area contributed by atoms with Crippen LogP contribution in [0, 0.1) is 6.92 Å². The Morgan fingerprint density at radius 2 is 1.74 bits per heavy atom. The Kier molecular flexibility index (Phi) is 6.64. The molecule has 0 aliphatic carbocycles. The van der Waals surface area contributed by atoms with Crippen LogP contribution in [-0.4, -0.2) is 35.6 Å². The first-order chi connectivity index (χ1) is 18.8. The van der Waals surface area contributed by atoms with Crippen molar-refractivity contribution in [2.45, 2.75) is 30.8 Å². The molecule has 2 aromatic heterocycles. The fraction of sp³-hybridized carbons (Fsp3) is 0.138. The number of hydrogen-bond donors (Lipinski definition) is 0. The number of rotatable bonds is 7. The van der Waals surface area contributed by atoms with Crippen LogP contribution in [0.3, 0.4) is 0 Å². The molecule has 1 aliphatic rings. The zero-order valence-corrected chi connectivity index (χ0v) is 23.3. The number of fused-ring (bicyclic) bond motifs is 1. The Bertz CT molecular complexity index is 1780. The van der Waals surface area contributed by atoms with Gasteiger partial charge in [-0.25, -0.2) is 18.3 Å². The predicted octanol–water partition coefficient (Wildman–Crippen LogP) is 5.86. The summed E-state index contributed by atoms with van der Waals surface area (Å²) in [5.41, 5.74) is 3.36. The molecule has 7 nitrogen and oxygen atoms in total. The predicted molar refractivity (Wildman–Crippen MR) is 154 cm³/mol. The molecule has 0 bridgehead atoms. The van der Waals surface area contributed by atoms with E-state index in [0.29, 0.717) is 5.69 Å². The SMILES string of the molecule is Cc1ccc2nc(-c3ccc(N4C(=O)CC(N(Cc5cccs5)S(=O)(=O)c5ccccc5)C4=O)cc3)sc2c1. The summed E-state index contributed by atoms with van der Waals surface area (Å²) in [5.74, 6) is -0.994. The van der Waals surface area contributed by atoms with Gasteiger partial charge in [0.1, 0.15) is 11.0 Å². The molecule has 0 spiro atoms. The first-order valence-electron chi connectivity index (χ1n) is 12.2. The van der Waals surface area contributed by atoms with Gasteiger partial charge < -0.3 is 0 Å². The molecule has 6 rings (SSSR count). The number of imide groups is 1. The smallest absolute Gasteiger partial charge is 0.252 e. The second-order valence-electron chi connectivity index (χ2n) is 9.27. The molecule has 1 unspecified atom stereocenters. The average molecular weight is 574 g/mol. The maximum atomic E-state index is 13.7. The zero-order chi connectivity index (χ0) is 27.1. The molecule has 0 saturated carbocycles. The van der Waals surface area contributed by atoms with Crippen molar-refractivity contribution in [2.75, 3.05) is 4.90 Å². The van der Waals surface area contributed by atoms with Crippen LogP contribution in [-0.2, 0) is 26.2 Å². The van der Waals surface area contributed by atoms with Gasteiger partial charge in [0, 0.05) is 17.0 Å². The standard InChI is InChI=1S/C29H23N3O4S3/c1-19-9-14-24-26(16-19)38-28(30-24)20-10-12-21(13-11-20)32-27(33)17-25(29(32)34)31(18-22-6-5-15-37-22)39(35,36)23-7-3-2-4-8-23/h2-16,25H,17-18H2,1H3. The van der Waals surface area contributed by atoms with Crippen molar-refractivity contribution in [3.8, 4) is 10.6 Å². The molecule has 1 atom stereocenters. The molecule has 3 heterocycles. The normalized spacial score (nSPS) is 16.1. The minimum Gasteiger partial charge on any atom is -0.274 e. The van der Waals surface area contributed by atoms with Crippen LogP contribution in [0.4, 0.5) is 5.69 Å². The molecule has 196 valence electrons. The zero-order valence-electron chi connectivity index (χ0n) is 20.9. The van der Waals surface area contributed by atoms with Crippen LogP contribution in [0.15, 0.2) is 95.2 Å². The number of aromatic nitrogens is 1. The molecule has 3 aromatic carbocycles. The highest BCUT2D eigenvalue weighted by Gasteiger charge is 2.47. The van der Waals surface area contributed by atoms with Gasteiger partial charge >= 0.3 is 0 Å². The number of thiophene rings is 1. The van der Waals surface area contributed by atoms with E-state index in [1.54, 1.807) is 41.7 Å². The van der Waals surface area contributed by atoms with E-state index in [1.807, 2.05) is 48.7 Å². The average Bonchev–Trinajstić information content (AvgIpc) is 3.67. The molecule has 0 radical (unpaired) electrons. The highest BCUT2D eigenvalue weighted by atomic mass is 32.2. The van der Waals surface area contributed by atoms with Gasteiger partial charge in [-0.15, -0.1) is 22.7 Å². The van der Waals surface area contributed by atoms with Crippen LogP contribution in [0.25, 0.3) is 20.8 Å². The third-order valence-electron chi connectivity index (χ3n) is 6.63. The summed E-state index contributed by atoms with van der Waals surface area (Å²) in [7, 11) is -4.05. The maximum Gasteiger partial charge on any atom is 0.252 e. The van der Waals surface area contributed by atoms with Gasteiger partial charge in [-0.05, 0) is 72.5 Å². The van der Waals surface area contributed by atoms with Gasteiger partial charge in [0.15, 0.2) is 0 Å². The summed E-state index contributed by atoms with van der Waals surface area (Å²) in [6.07, 6.45) is -0.227. The number of carbonyl (C=O) groups is 2. The molecule has 0 N–H and O–H groups in total. The van der Waals surface area contributed by atoms with Gasteiger partial charge in [0.05, 0.1) is 27.2 Å². The largest absolute Gasteiger partial charge is 0.274 e. The molecule has 1 fully saturated rings. The van der Waals surface area contributed by atoms with Crippen molar-refractivity contribution in [3.63, 3.8) is 0 Å². The number of carbonyl (C=O) groups excluding carboxylic acids is 2. The number of nitrogens with zero attached hydrogens (tertiary/aromatic N) is 3. The van der Waals surface area contributed by atoms with E-state index >= 15 is 0 Å². The summed E-state index contributed by atoms with van der Waals surface area (Å²) in [6, 6.07) is 23.7. The number of anilines is 1. The van der Waals surface area contributed by atoms with E-state index in [4.69, 9.17) is 4.98 Å². The summed E-state index contributed by atoms with van der Waals surface area (Å²) in [5, 5.41) is 2.69. The number of sulfonamides is 1.